The second-order valence-corrected chi connectivity index (χ2v) is 12.8. The Labute approximate surface area is 56.2 Å². The van der Waals surface area contributed by atoms with Crippen LogP contribution >= 0.6 is 2.55 Å². The van der Waals surface area contributed by atoms with Gasteiger partial charge in [0.2, 0.25) is 0 Å². The summed E-state index contributed by atoms with van der Waals surface area (Å²) in [4.78, 5) is 8.03. The molecule has 5 heavy (non-hydrogen) atoms. The van der Waals surface area contributed by atoms with Crippen molar-refractivity contribution in [2.75, 3.05) is 0 Å². The van der Waals surface area contributed by atoms with Crippen LogP contribution in [-0.4, -0.2) is 4.89 Å². The van der Waals surface area contributed by atoms with Gasteiger partial charge in [-0.05, 0) is 0 Å². The van der Waals surface area contributed by atoms with Gasteiger partial charge in [-0.25, -0.2) is 0 Å². The standard InChI is InChI=1S/Ag.HO2P.Zr/c;1-3-2;/h;(H,1,2);. The summed E-state index contributed by atoms with van der Waals surface area (Å²) in [6.07, 6.45) is 0. The van der Waals surface area contributed by atoms with E-state index in [0.29, 0.717) is 24.1 Å². The van der Waals surface area contributed by atoms with Crippen LogP contribution in [0.1, 0.15) is 0 Å². The van der Waals surface area contributed by atoms with E-state index in [9.17, 15) is 4.57 Å². The minimum absolute atomic E-state index is 0.644. The van der Waals surface area contributed by atoms with Gasteiger partial charge in [0.25, 0.3) is 0 Å². The molecule has 0 amide bonds. The average molecular weight is 263 g/mol. The molecule has 0 saturated carbocycles. The van der Waals surface area contributed by atoms with Gasteiger partial charge in [0.15, 0.2) is 0 Å². The summed E-state index contributed by atoms with van der Waals surface area (Å²) in [5.74, 6) is 0. The summed E-state index contributed by atoms with van der Waals surface area (Å²) >= 11 is 3.19. The van der Waals surface area contributed by atoms with E-state index in [-0.39, 0.29) is 0 Å². The number of rotatable bonds is 0. The van der Waals surface area contributed by atoms with Gasteiger partial charge in [-0.2, -0.15) is 0 Å². The molecule has 0 radical (unpaired) electrons. The molecule has 2 nitrogen and oxygen atoms in total. The van der Waals surface area contributed by atoms with Crippen LogP contribution in [0.25, 0.3) is 0 Å². The Morgan fingerprint density at radius 1 is 2.00 bits per heavy atom. The average Bonchev–Trinajstić information content (AvgIpc) is 0.722. The summed E-state index contributed by atoms with van der Waals surface area (Å²) in [5, 5.41) is 0. The van der Waals surface area contributed by atoms with Crippen molar-refractivity contribution >= 4 is 2.55 Å². The SMILES string of the molecule is O=[P](O)([Zr])[Ag]. The van der Waals surface area contributed by atoms with Gasteiger partial charge in [-0.3, -0.25) is 0 Å². The molecule has 1 N–H and O–H groups in total. The second-order valence-electron chi connectivity index (χ2n) is 0.456. The molecule has 5 heteroatoms. The van der Waals surface area contributed by atoms with Crippen molar-refractivity contribution in [3.8, 4) is 0 Å². The molecule has 0 heterocycles. The summed E-state index contributed by atoms with van der Waals surface area (Å²) in [7, 11) is 0. The van der Waals surface area contributed by atoms with Crippen molar-refractivity contribution in [3.05, 3.63) is 0 Å². The van der Waals surface area contributed by atoms with Gasteiger partial charge in [0, 0.05) is 0 Å². The zero-order chi connectivity index (χ0) is 4.50. The van der Waals surface area contributed by atoms with Crippen LogP contribution in [-0.2, 0) is 49.2 Å². The first-order valence-corrected chi connectivity index (χ1v) is 7.51. The molecule has 0 fully saturated rings. The van der Waals surface area contributed by atoms with Crippen molar-refractivity contribution in [2.24, 2.45) is 0 Å². The van der Waals surface area contributed by atoms with E-state index < -0.39 is 2.55 Å². The third-order valence-electron chi connectivity index (χ3n) is 0. The Morgan fingerprint density at radius 2 is 2.00 bits per heavy atom. The zero-order valence-electron chi connectivity index (χ0n) is 2.10. The normalized spacial score (nSPS) is 21.2. The van der Waals surface area contributed by atoms with Crippen molar-refractivity contribution in [3.63, 3.8) is 0 Å². The van der Waals surface area contributed by atoms with Crippen LogP contribution in [0, 0.1) is 0 Å². The zero-order valence-corrected chi connectivity index (χ0v) is 6.94. The molecule has 0 aromatic carbocycles. The maximum atomic E-state index is 9.73. The molecule has 0 saturated heterocycles. The van der Waals surface area contributed by atoms with Crippen molar-refractivity contribution in [1.29, 1.82) is 0 Å². The van der Waals surface area contributed by atoms with Gasteiger partial charge in [-0.15, -0.1) is 0 Å². The van der Waals surface area contributed by atoms with E-state index in [4.69, 9.17) is 4.89 Å². The predicted molar refractivity (Wildman–Crippen MR) is 9.83 cm³/mol. The predicted octanol–water partition coefficient (Wildman–Crippen LogP) is 0.180. The molecule has 0 rings (SSSR count). The number of hydrogen-bond donors (Lipinski definition) is 1. The Hall–Kier alpha value is 1.81. The van der Waals surface area contributed by atoms with E-state index >= 15 is 0 Å². The van der Waals surface area contributed by atoms with Crippen molar-refractivity contribution in [1.82, 2.24) is 0 Å². The molecule has 0 spiro atoms. The number of hydrogen-bond acceptors (Lipinski definition) is 1. The van der Waals surface area contributed by atoms with Gasteiger partial charge in [-0.1, -0.05) is 0 Å². The first kappa shape index (κ1) is 6.81. The first-order valence-electron chi connectivity index (χ1n) is 0.741. The van der Waals surface area contributed by atoms with Crippen LogP contribution in [0.15, 0.2) is 0 Å². The van der Waals surface area contributed by atoms with E-state index in [1.807, 2.05) is 0 Å². The van der Waals surface area contributed by atoms with E-state index in [1.165, 1.54) is 0 Å². The molecule has 0 bridgehead atoms. The molecule has 0 aliphatic heterocycles. The van der Waals surface area contributed by atoms with E-state index in [1.54, 1.807) is 0 Å². The fourth-order valence-electron chi connectivity index (χ4n) is 0. The Morgan fingerprint density at radius 3 is 2.00 bits per heavy atom. The topological polar surface area (TPSA) is 37.3 Å². The summed E-state index contributed by atoms with van der Waals surface area (Å²) < 4.78 is 6.99. The molecule has 1 atom stereocenters. The van der Waals surface area contributed by atoms with Gasteiger partial charge >= 0.3 is 56.7 Å². The second kappa shape index (κ2) is 2.21. The third-order valence-corrected chi connectivity index (χ3v) is 0. The molecular weight excluding hydrogens is 262 g/mol. The van der Waals surface area contributed by atoms with Gasteiger partial charge < -0.3 is 0 Å². The summed E-state index contributed by atoms with van der Waals surface area (Å²) in [6, 6.07) is 0. The molecule has 1 unspecified atom stereocenters. The molecule has 0 aliphatic rings. The van der Waals surface area contributed by atoms with Crippen molar-refractivity contribution < 1.29 is 54.1 Å². The van der Waals surface area contributed by atoms with Gasteiger partial charge in [0.05, 0.1) is 0 Å². The molecule has 33 valence electrons. The molecule has 0 aromatic heterocycles. The van der Waals surface area contributed by atoms with Crippen LogP contribution < -0.4 is 0 Å². The fraction of sp³-hybridized carbons (Fsp3) is 0. The minimum atomic E-state index is -2.74. The third kappa shape index (κ3) is 25.7. The van der Waals surface area contributed by atoms with E-state index in [2.05, 4.69) is 20.5 Å². The Kier molecular flexibility index (Phi) is 3.01. The summed E-state index contributed by atoms with van der Waals surface area (Å²) in [5.41, 5.74) is 0. The molecule has 0 aromatic rings. The van der Waals surface area contributed by atoms with Gasteiger partial charge in [0.1, 0.15) is 0 Å². The molecular formula is HAgO2PZr. The van der Waals surface area contributed by atoms with Crippen LogP contribution in [0.4, 0.5) is 0 Å². The Bertz CT molecular complexity index is 55.8. The quantitative estimate of drug-likeness (QED) is 0.500. The fourth-order valence-corrected chi connectivity index (χ4v) is 0. The van der Waals surface area contributed by atoms with Crippen LogP contribution in [0.5, 0.6) is 0 Å². The van der Waals surface area contributed by atoms with Crippen molar-refractivity contribution in [2.45, 2.75) is 0 Å². The molecule has 0 aliphatic carbocycles. The monoisotopic (exact) mass is 261 g/mol. The first-order chi connectivity index (χ1) is 2.00. The van der Waals surface area contributed by atoms with E-state index in [0.717, 1.165) is 0 Å². The van der Waals surface area contributed by atoms with Crippen LogP contribution in [0.2, 0.25) is 0 Å². The Balaban J connectivity index is 3.47. The summed E-state index contributed by atoms with van der Waals surface area (Å²) in [6.45, 7) is 0. The van der Waals surface area contributed by atoms with Crippen LogP contribution in [0.3, 0.4) is 0 Å². The maximum absolute atomic E-state index is 9.73.